The summed E-state index contributed by atoms with van der Waals surface area (Å²) in [4.78, 5) is 17.6. The number of nitrogens with two attached hydrogens (primary N) is 1. The molecule has 34 heavy (non-hydrogen) atoms. The van der Waals surface area contributed by atoms with E-state index in [2.05, 4.69) is 9.97 Å². The fourth-order valence-electron chi connectivity index (χ4n) is 3.58. The van der Waals surface area contributed by atoms with Gasteiger partial charge in [0.05, 0.1) is 22.5 Å². The molecule has 0 saturated heterocycles. The number of hydrogen-bond acceptors (Lipinski definition) is 5. The van der Waals surface area contributed by atoms with E-state index in [9.17, 15) is 13.2 Å². The van der Waals surface area contributed by atoms with Crippen LogP contribution in [-0.4, -0.2) is 24.5 Å². The molecule has 4 heterocycles. The molecule has 0 aliphatic rings. The van der Waals surface area contributed by atoms with Gasteiger partial charge < -0.3 is 5.73 Å². The Morgan fingerprint density at radius 2 is 1.65 bits per heavy atom. The van der Waals surface area contributed by atoms with Crippen LogP contribution in [0, 0.1) is 0 Å². The molecule has 4 aromatic heterocycles. The van der Waals surface area contributed by atoms with Gasteiger partial charge >= 0.3 is 6.18 Å². The van der Waals surface area contributed by atoms with Gasteiger partial charge in [0.15, 0.2) is 11.5 Å². The van der Waals surface area contributed by atoms with Crippen LogP contribution in [0.25, 0.3) is 39.6 Å². The van der Waals surface area contributed by atoms with Crippen LogP contribution < -0.4 is 5.73 Å². The van der Waals surface area contributed by atoms with Crippen molar-refractivity contribution in [3.8, 4) is 28.5 Å². The SMILES string of the molecule is Nc1ncccc1-c1nc2ccc(-c3ccc(C(F)(F)F)cn3)nc2n1-c1ccc(CCl)cc1. The standard InChI is InChI=1S/C24H16ClF3N6/c25-12-14-3-6-16(7-4-14)34-22(17-2-1-11-30-21(17)29)33-20-10-9-19(32-23(20)34)18-8-5-15(13-31-18)24(26,27)28/h1-11,13H,12H2,(H2,29,30). The lowest BCUT2D eigenvalue weighted by molar-refractivity contribution is -0.137. The van der Waals surface area contributed by atoms with E-state index < -0.39 is 11.7 Å². The summed E-state index contributed by atoms with van der Waals surface area (Å²) in [5.41, 5.74) is 9.43. The van der Waals surface area contributed by atoms with Crippen LogP contribution in [0.15, 0.2) is 73.1 Å². The van der Waals surface area contributed by atoms with Gasteiger partial charge in [0.1, 0.15) is 11.3 Å². The number of pyridine rings is 3. The molecule has 0 aliphatic heterocycles. The zero-order valence-corrected chi connectivity index (χ0v) is 18.2. The minimum atomic E-state index is -4.46. The molecule has 1 aromatic carbocycles. The maximum absolute atomic E-state index is 12.9. The molecule has 0 amide bonds. The number of imidazole rings is 1. The van der Waals surface area contributed by atoms with Crippen molar-refractivity contribution in [3.05, 3.63) is 84.2 Å². The lowest BCUT2D eigenvalue weighted by atomic mass is 10.2. The highest BCUT2D eigenvalue weighted by Gasteiger charge is 2.30. The molecule has 0 spiro atoms. The van der Waals surface area contributed by atoms with Crippen molar-refractivity contribution in [2.75, 3.05) is 5.73 Å². The number of hydrogen-bond donors (Lipinski definition) is 1. The average Bonchev–Trinajstić information content (AvgIpc) is 3.22. The summed E-state index contributed by atoms with van der Waals surface area (Å²) >= 11 is 5.94. The Morgan fingerprint density at radius 1 is 0.882 bits per heavy atom. The average molecular weight is 481 g/mol. The summed E-state index contributed by atoms with van der Waals surface area (Å²) in [5.74, 6) is 1.21. The number of rotatable bonds is 4. The summed E-state index contributed by atoms with van der Waals surface area (Å²) in [7, 11) is 0. The summed E-state index contributed by atoms with van der Waals surface area (Å²) in [6, 6.07) is 16.8. The summed E-state index contributed by atoms with van der Waals surface area (Å²) < 4.78 is 40.6. The molecular weight excluding hydrogens is 465 g/mol. The van der Waals surface area contributed by atoms with E-state index in [0.717, 1.165) is 23.5 Å². The van der Waals surface area contributed by atoms with Crippen molar-refractivity contribution >= 4 is 28.6 Å². The van der Waals surface area contributed by atoms with Crippen LogP contribution in [0.1, 0.15) is 11.1 Å². The highest BCUT2D eigenvalue weighted by Crippen LogP contribution is 2.33. The maximum atomic E-state index is 12.9. The van der Waals surface area contributed by atoms with Gasteiger partial charge in [-0.1, -0.05) is 12.1 Å². The molecule has 0 unspecified atom stereocenters. The summed E-state index contributed by atoms with van der Waals surface area (Å²) in [6.45, 7) is 0. The van der Waals surface area contributed by atoms with Gasteiger partial charge in [-0.25, -0.2) is 15.0 Å². The molecule has 5 rings (SSSR count). The van der Waals surface area contributed by atoms with Crippen molar-refractivity contribution in [1.82, 2.24) is 24.5 Å². The van der Waals surface area contributed by atoms with Gasteiger partial charge in [0.2, 0.25) is 0 Å². The normalized spacial score (nSPS) is 11.8. The van der Waals surface area contributed by atoms with E-state index >= 15 is 0 Å². The van der Waals surface area contributed by atoms with Crippen LogP contribution >= 0.6 is 11.6 Å². The smallest absolute Gasteiger partial charge is 0.383 e. The third-order valence-electron chi connectivity index (χ3n) is 5.29. The number of nitrogen functional groups attached to an aromatic ring is 1. The van der Waals surface area contributed by atoms with E-state index in [1.165, 1.54) is 6.07 Å². The monoisotopic (exact) mass is 480 g/mol. The van der Waals surface area contributed by atoms with Gasteiger partial charge in [-0.05, 0) is 54.1 Å². The fraction of sp³-hybridized carbons (Fsp3) is 0.0833. The Morgan fingerprint density at radius 3 is 2.29 bits per heavy atom. The first-order chi connectivity index (χ1) is 16.3. The van der Waals surface area contributed by atoms with E-state index in [1.807, 2.05) is 34.9 Å². The third kappa shape index (κ3) is 3.94. The van der Waals surface area contributed by atoms with Crippen LogP contribution in [0.3, 0.4) is 0 Å². The molecule has 0 bridgehead atoms. The number of fused-ring (bicyclic) bond motifs is 1. The number of alkyl halides is 4. The Hall–Kier alpha value is -3.98. The molecule has 170 valence electrons. The fourth-order valence-corrected chi connectivity index (χ4v) is 3.76. The molecule has 0 fully saturated rings. The molecule has 0 saturated carbocycles. The second-order valence-corrected chi connectivity index (χ2v) is 7.74. The lowest BCUT2D eigenvalue weighted by Gasteiger charge is -2.11. The van der Waals surface area contributed by atoms with Gasteiger partial charge in [-0.3, -0.25) is 9.55 Å². The minimum absolute atomic E-state index is 0.307. The number of nitrogens with zero attached hydrogens (tertiary/aromatic N) is 5. The lowest BCUT2D eigenvalue weighted by Crippen LogP contribution is -2.05. The Kier molecular flexibility index (Phi) is 5.41. The topological polar surface area (TPSA) is 82.5 Å². The molecule has 0 aliphatic carbocycles. The van der Waals surface area contributed by atoms with Gasteiger partial charge in [0, 0.05) is 24.0 Å². The predicted molar refractivity (Wildman–Crippen MR) is 124 cm³/mol. The second-order valence-electron chi connectivity index (χ2n) is 7.48. The first-order valence-electron chi connectivity index (χ1n) is 10.1. The molecule has 0 radical (unpaired) electrons. The molecule has 6 nitrogen and oxygen atoms in total. The molecule has 2 N–H and O–H groups in total. The van der Waals surface area contributed by atoms with Gasteiger partial charge in [0.25, 0.3) is 0 Å². The minimum Gasteiger partial charge on any atom is -0.383 e. The third-order valence-corrected chi connectivity index (χ3v) is 5.59. The van der Waals surface area contributed by atoms with E-state index in [1.54, 1.807) is 24.4 Å². The second kappa shape index (κ2) is 8.42. The van der Waals surface area contributed by atoms with E-state index in [-0.39, 0.29) is 0 Å². The largest absolute Gasteiger partial charge is 0.417 e. The number of aromatic nitrogens is 5. The zero-order valence-electron chi connectivity index (χ0n) is 17.5. The highest BCUT2D eigenvalue weighted by atomic mass is 35.5. The van der Waals surface area contributed by atoms with Crippen molar-refractivity contribution in [3.63, 3.8) is 0 Å². The van der Waals surface area contributed by atoms with Crippen molar-refractivity contribution in [2.24, 2.45) is 0 Å². The molecular formula is C24H16ClF3N6. The van der Waals surface area contributed by atoms with Gasteiger partial charge in [-0.15, -0.1) is 11.6 Å². The van der Waals surface area contributed by atoms with Crippen molar-refractivity contribution < 1.29 is 13.2 Å². The summed E-state index contributed by atoms with van der Waals surface area (Å²) in [5, 5.41) is 0. The first kappa shape index (κ1) is 21.8. The predicted octanol–water partition coefficient (Wildman–Crippen LogP) is 5.88. The quantitative estimate of drug-likeness (QED) is 0.324. The molecule has 0 atom stereocenters. The highest BCUT2D eigenvalue weighted by molar-refractivity contribution is 6.17. The van der Waals surface area contributed by atoms with Crippen LogP contribution in [-0.2, 0) is 12.1 Å². The van der Waals surface area contributed by atoms with Crippen molar-refractivity contribution in [1.29, 1.82) is 0 Å². The van der Waals surface area contributed by atoms with Crippen LogP contribution in [0.4, 0.5) is 19.0 Å². The van der Waals surface area contributed by atoms with Gasteiger partial charge in [-0.2, -0.15) is 13.2 Å². The first-order valence-corrected chi connectivity index (χ1v) is 10.7. The number of halogens is 4. The number of anilines is 1. The Balaban J connectivity index is 1.71. The molecule has 10 heteroatoms. The van der Waals surface area contributed by atoms with Crippen LogP contribution in [0.5, 0.6) is 0 Å². The zero-order chi connectivity index (χ0) is 23.9. The van der Waals surface area contributed by atoms with E-state index in [4.69, 9.17) is 27.3 Å². The van der Waals surface area contributed by atoms with Crippen LogP contribution in [0.2, 0.25) is 0 Å². The Bertz CT molecular complexity index is 1480. The van der Waals surface area contributed by atoms with E-state index in [0.29, 0.717) is 45.6 Å². The maximum Gasteiger partial charge on any atom is 0.417 e. The number of benzene rings is 1. The molecule has 5 aromatic rings. The Labute approximate surface area is 196 Å². The van der Waals surface area contributed by atoms with Crippen molar-refractivity contribution in [2.45, 2.75) is 12.1 Å². The summed E-state index contributed by atoms with van der Waals surface area (Å²) in [6.07, 6.45) is -2.08.